The Morgan fingerprint density at radius 2 is 1.50 bits per heavy atom. The van der Waals surface area contributed by atoms with Crippen molar-refractivity contribution in [3.63, 3.8) is 0 Å². The lowest BCUT2D eigenvalue weighted by atomic mass is 10.0. The SMILES string of the molecule is O=[N+]([O-])c1ccc(CN2CCc3nc(N4CCCCC4)nc(N4CCCCC4)c3C2)cc1. The second-order valence-electron chi connectivity index (χ2n) is 9.25. The summed E-state index contributed by atoms with van der Waals surface area (Å²) in [4.78, 5) is 28.1. The maximum Gasteiger partial charge on any atom is 0.269 e. The number of nitro benzene ring substituents is 1. The lowest BCUT2D eigenvalue weighted by Gasteiger charge is -2.36. The van der Waals surface area contributed by atoms with E-state index < -0.39 is 0 Å². The molecule has 8 heteroatoms. The van der Waals surface area contributed by atoms with E-state index in [1.807, 2.05) is 12.1 Å². The Balaban J connectivity index is 1.39. The fourth-order valence-corrected chi connectivity index (χ4v) is 5.16. The molecule has 0 amide bonds. The molecule has 0 spiro atoms. The first-order valence-corrected chi connectivity index (χ1v) is 12.0. The Labute approximate surface area is 189 Å². The molecule has 32 heavy (non-hydrogen) atoms. The molecule has 3 aliphatic rings. The molecule has 170 valence electrons. The molecule has 0 atom stereocenters. The zero-order valence-electron chi connectivity index (χ0n) is 18.7. The van der Waals surface area contributed by atoms with Crippen molar-refractivity contribution >= 4 is 17.5 Å². The summed E-state index contributed by atoms with van der Waals surface area (Å²) in [6, 6.07) is 6.94. The van der Waals surface area contributed by atoms with Crippen LogP contribution in [-0.2, 0) is 19.5 Å². The third-order valence-electron chi connectivity index (χ3n) is 6.95. The molecule has 0 radical (unpaired) electrons. The number of hydrogen-bond acceptors (Lipinski definition) is 7. The Kier molecular flexibility index (Phi) is 6.21. The molecular formula is C24H32N6O2. The van der Waals surface area contributed by atoms with Gasteiger partial charge in [0.1, 0.15) is 5.82 Å². The minimum Gasteiger partial charge on any atom is -0.356 e. The van der Waals surface area contributed by atoms with Crippen LogP contribution in [0.3, 0.4) is 0 Å². The summed E-state index contributed by atoms with van der Waals surface area (Å²) in [5.41, 5.74) is 3.73. The quantitative estimate of drug-likeness (QED) is 0.519. The molecule has 1 aromatic carbocycles. The number of nitro groups is 1. The molecule has 0 aliphatic carbocycles. The van der Waals surface area contributed by atoms with E-state index in [0.717, 1.165) is 69.6 Å². The van der Waals surface area contributed by atoms with Crippen LogP contribution < -0.4 is 9.80 Å². The molecule has 0 N–H and O–H groups in total. The smallest absolute Gasteiger partial charge is 0.269 e. The molecule has 2 aromatic rings. The number of aromatic nitrogens is 2. The second kappa shape index (κ2) is 9.40. The monoisotopic (exact) mass is 436 g/mol. The van der Waals surface area contributed by atoms with Gasteiger partial charge in [-0.15, -0.1) is 0 Å². The van der Waals surface area contributed by atoms with Gasteiger partial charge in [0.25, 0.3) is 5.69 Å². The molecule has 0 saturated carbocycles. The van der Waals surface area contributed by atoms with Gasteiger partial charge in [-0.3, -0.25) is 15.0 Å². The van der Waals surface area contributed by atoms with Gasteiger partial charge in [0.2, 0.25) is 5.95 Å². The van der Waals surface area contributed by atoms with Crippen LogP contribution in [0.5, 0.6) is 0 Å². The molecule has 1 aromatic heterocycles. The minimum absolute atomic E-state index is 0.142. The molecule has 5 rings (SSSR count). The average Bonchev–Trinajstić information content (AvgIpc) is 2.85. The van der Waals surface area contributed by atoms with Gasteiger partial charge in [0.05, 0.1) is 10.6 Å². The van der Waals surface area contributed by atoms with Crippen LogP contribution in [0.2, 0.25) is 0 Å². The van der Waals surface area contributed by atoms with Crippen molar-refractivity contribution in [2.75, 3.05) is 42.5 Å². The van der Waals surface area contributed by atoms with Crippen molar-refractivity contribution in [2.45, 2.75) is 58.0 Å². The third kappa shape index (κ3) is 4.55. The third-order valence-corrected chi connectivity index (χ3v) is 6.95. The van der Waals surface area contributed by atoms with Gasteiger partial charge in [0.15, 0.2) is 0 Å². The van der Waals surface area contributed by atoms with E-state index >= 15 is 0 Å². The number of anilines is 2. The average molecular weight is 437 g/mol. The van der Waals surface area contributed by atoms with Gasteiger partial charge in [-0.05, 0) is 44.1 Å². The van der Waals surface area contributed by atoms with Gasteiger partial charge in [0, 0.05) is 69.9 Å². The number of non-ortho nitro benzene ring substituents is 1. The molecule has 0 bridgehead atoms. The first kappa shape index (κ1) is 21.1. The molecule has 3 aliphatic heterocycles. The van der Waals surface area contributed by atoms with E-state index in [-0.39, 0.29) is 10.6 Å². The first-order valence-electron chi connectivity index (χ1n) is 12.0. The van der Waals surface area contributed by atoms with Crippen LogP contribution in [0.1, 0.15) is 55.3 Å². The zero-order chi connectivity index (χ0) is 21.9. The molecule has 8 nitrogen and oxygen atoms in total. The topological polar surface area (TPSA) is 78.6 Å². The van der Waals surface area contributed by atoms with Gasteiger partial charge >= 0.3 is 0 Å². The van der Waals surface area contributed by atoms with Crippen LogP contribution in [0.15, 0.2) is 24.3 Å². The molecule has 2 fully saturated rings. The van der Waals surface area contributed by atoms with E-state index in [2.05, 4.69) is 14.7 Å². The summed E-state index contributed by atoms with van der Waals surface area (Å²) in [5.74, 6) is 2.07. The number of nitrogens with zero attached hydrogens (tertiary/aromatic N) is 6. The van der Waals surface area contributed by atoms with Crippen molar-refractivity contribution in [2.24, 2.45) is 0 Å². The van der Waals surface area contributed by atoms with Crippen LogP contribution in [0, 0.1) is 10.1 Å². The van der Waals surface area contributed by atoms with Gasteiger partial charge < -0.3 is 9.80 Å². The standard InChI is InChI=1S/C24H32N6O2/c31-30(32)20-9-7-19(8-10-20)17-27-16-11-22-21(18-27)23(28-12-3-1-4-13-28)26-24(25-22)29-14-5-2-6-15-29/h7-10H,1-6,11-18H2. The number of hydrogen-bond donors (Lipinski definition) is 0. The van der Waals surface area contributed by atoms with Crippen LogP contribution in [0.4, 0.5) is 17.5 Å². The lowest BCUT2D eigenvalue weighted by Crippen LogP contribution is -2.38. The normalized spacial score (nSPS) is 19.6. The highest BCUT2D eigenvalue weighted by atomic mass is 16.6. The van der Waals surface area contributed by atoms with E-state index in [4.69, 9.17) is 9.97 Å². The fraction of sp³-hybridized carbons (Fsp3) is 0.583. The highest BCUT2D eigenvalue weighted by Gasteiger charge is 2.27. The van der Waals surface area contributed by atoms with Crippen molar-refractivity contribution in [1.82, 2.24) is 14.9 Å². The van der Waals surface area contributed by atoms with Crippen molar-refractivity contribution in [3.05, 3.63) is 51.2 Å². The summed E-state index contributed by atoms with van der Waals surface area (Å²) in [5, 5.41) is 10.9. The maximum atomic E-state index is 10.9. The Morgan fingerprint density at radius 3 is 2.16 bits per heavy atom. The molecular weight excluding hydrogens is 404 g/mol. The highest BCUT2D eigenvalue weighted by Crippen LogP contribution is 2.32. The maximum absolute atomic E-state index is 10.9. The van der Waals surface area contributed by atoms with Crippen LogP contribution >= 0.6 is 0 Å². The van der Waals surface area contributed by atoms with E-state index in [1.54, 1.807) is 12.1 Å². The number of fused-ring (bicyclic) bond motifs is 1. The van der Waals surface area contributed by atoms with Crippen LogP contribution in [-0.4, -0.2) is 52.5 Å². The van der Waals surface area contributed by atoms with Crippen molar-refractivity contribution in [1.29, 1.82) is 0 Å². The summed E-state index contributed by atoms with van der Waals surface area (Å²) in [7, 11) is 0. The largest absolute Gasteiger partial charge is 0.356 e. The predicted molar refractivity (Wildman–Crippen MR) is 125 cm³/mol. The summed E-state index contributed by atoms with van der Waals surface area (Å²) >= 11 is 0. The van der Waals surface area contributed by atoms with Gasteiger partial charge in [-0.1, -0.05) is 12.1 Å². The number of piperidine rings is 2. The molecule has 0 unspecified atom stereocenters. The molecule has 4 heterocycles. The Bertz CT molecular complexity index is 952. The predicted octanol–water partition coefficient (Wildman–Crippen LogP) is 3.92. The Morgan fingerprint density at radius 1 is 0.844 bits per heavy atom. The van der Waals surface area contributed by atoms with E-state index in [9.17, 15) is 10.1 Å². The first-order chi connectivity index (χ1) is 15.7. The van der Waals surface area contributed by atoms with Gasteiger partial charge in [-0.25, -0.2) is 4.98 Å². The number of rotatable bonds is 5. The summed E-state index contributed by atoms with van der Waals surface area (Å²) in [6.45, 7) is 6.83. The summed E-state index contributed by atoms with van der Waals surface area (Å²) in [6.07, 6.45) is 8.43. The minimum atomic E-state index is -0.344. The van der Waals surface area contributed by atoms with Crippen LogP contribution in [0.25, 0.3) is 0 Å². The summed E-state index contributed by atoms with van der Waals surface area (Å²) < 4.78 is 0. The molecule has 2 saturated heterocycles. The van der Waals surface area contributed by atoms with E-state index in [0.29, 0.717) is 0 Å². The van der Waals surface area contributed by atoms with Gasteiger partial charge in [-0.2, -0.15) is 4.98 Å². The van der Waals surface area contributed by atoms with Crippen molar-refractivity contribution < 1.29 is 4.92 Å². The fourth-order valence-electron chi connectivity index (χ4n) is 5.16. The number of benzene rings is 1. The second-order valence-corrected chi connectivity index (χ2v) is 9.25. The Hall–Kier alpha value is -2.74. The van der Waals surface area contributed by atoms with E-state index in [1.165, 1.54) is 49.8 Å². The highest BCUT2D eigenvalue weighted by molar-refractivity contribution is 5.54. The lowest BCUT2D eigenvalue weighted by molar-refractivity contribution is -0.384. The zero-order valence-corrected chi connectivity index (χ0v) is 18.7. The van der Waals surface area contributed by atoms with Crippen molar-refractivity contribution in [3.8, 4) is 0 Å².